The normalized spacial score (nSPS) is 10.3. The van der Waals surface area contributed by atoms with Gasteiger partial charge in [-0.05, 0) is 36.4 Å². The average Bonchev–Trinajstić information content (AvgIpc) is 2.60. The van der Waals surface area contributed by atoms with Gasteiger partial charge in [-0.15, -0.1) is 0 Å². The lowest BCUT2D eigenvalue weighted by Crippen LogP contribution is -2.34. The van der Waals surface area contributed by atoms with Crippen molar-refractivity contribution >= 4 is 38.5 Å². The van der Waals surface area contributed by atoms with Gasteiger partial charge in [-0.1, -0.05) is 54.1 Å². The summed E-state index contributed by atoms with van der Waals surface area (Å²) in [6.45, 7) is 8.17. The number of ether oxygens (including phenoxy) is 1. The third-order valence-electron chi connectivity index (χ3n) is 3.88. The fourth-order valence-corrected chi connectivity index (χ4v) is 2.95. The SMILES string of the molecule is C=C(C#N)CN(C(=O)OCCCC)c1c(C)ccc2ccc(Br)cc12. The highest BCUT2D eigenvalue weighted by Gasteiger charge is 2.22. The molecule has 0 spiro atoms. The van der Waals surface area contributed by atoms with Crippen LogP contribution in [0, 0.1) is 18.3 Å². The summed E-state index contributed by atoms with van der Waals surface area (Å²) in [6, 6.07) is 11.9. The molecule has 0 aliphatic heterocycles. The molecule has 2 rings (SSSR count). The van der Waals surface area contributed by atoms with Gasteiger partial charge >= 0.3 is 6.09 Å². The van der Waals surface area contributed by atoms with E-state index in [0.717, 1.165) is 39.3 Å². The molecule has 0 saturated carbocycles. The topological polar surface area (TPSA) is 53.3 Å². The number of aryl methyl sites for hydroxylation is 1. The number of unbranched alkanes of at least 4 members (excludes halogenated alkanes) is 1. The molecule has 0 N–H and O–H groups in total. The number of halogens is 1. The monoisotopic (exact) mass is 400 g/mol. The second-order valence-corrected chi connectivity index (χ2v) is 6.78. The molecular weight excluding hydrogens is 380 g/mol. The molecule has 2 aromatic carbocycles. The average molecular weight is 401 g/mol. The van der Waals surface area contributed by atoms with Crippen LogP contribution in [-0.4, -0.2) is 19.2 Å². The summed E-state index contributed by atoms with van der Waals surface area (Å²) in [6.07, 6.45) is 1.29. The van der Waals surface area contributed by atoms with Gasteiger partial charge in [-0.25, -0.2) is 4.79 Å². The molecule has 0 bridgehead atoms. The maximum Gasteiger partial charge on any atom is 0.414 e. The minimum atomic E-state index is -0.458. The van der Waals surface area contributed by atoms with Crippen LogP contribution in [-0.2, 0) is 4.74 Å². The number of benzene rings is 2. The van der Waals surface area contributed by atoms with Crippen molar-refractivity contribution < 1.29 is 9.53 Å². The summed E-state index contributed by atoms with van der Waals surface area (Å²) in [5.41, 5.74) is 1.99. The van der Waals surface area contributed by atoms with Gasteiger partial charge in [0.05, 0.1) is 24.9 Å². The van der Waals surface area contributed by atoms with Crippen LogP contribution < -0.4 is 4.90 Å². The maximum atomic E-state index is 12.7. The molecule has 0 aliphatic carbocycles. The van der Waals surface area contributed by atoms with Crippen LogP contribution in [0.1, 0.15) is 25.3 Å². The Morgan fingerprint density at radius 1 is 1.36 bits per heavy atom. The van der Waals surface area contributed by atoms with Gasteiger partial charge in [0.25, 0.3) is 0 Å². The number of nitrogens with zero attached hydrogens (tertiary/aromatic N) is 2. The first-order valence-electron chi connectivity index (χ1n) is 8.19. The quantitative estimate of drug-likeness (QED) is 0.459. The van der Waals surface area contributed by atoms with Crippen LogP contribution in [0.2, 0.25) is 0 Å². The van der Waals surface area contributed by atoms with Crippen molar-refractivity contribution in [1.82, 2.24) is 0 Å². The summed E-state index contributed by atoms with van der Waals surface area (Å²) in [7, 11) is 0. The second-order valence-electron chi connectivity index (χ2n) is 5.87. The van der Waals surface area contributed by atoms with Crippen LogP contribution in [0.3, 0.4) is 0 Å². The van der Waals surface area contributed by atoms with Crippen molar-refractivity contribution in [2.45, 2.75) is 26.7 Å². The van der Waals surface area contributed by atoms with E-state index in [-0.39, 0.29) is 6.54 Å². The zero-order valence-electron chi connectivity index (χ0n) is 14.5. The van der Waals surface area contributed by atoms with Crippen molar-refractivity contribution in [3.63, 3.8) is 0 Å². The molecule has 0 unspecified atom stereocenters. The number of hydrogen-bond donors (Lipinski definition) is 0. The molecule has 0 heterocycles. The van der Waals surface area contributed by atoms with E-state index >= 15 is 0 Å². The molecule has 4 nitrogen and oxygen atoms in total. The third-order valence-corrected chi connectivity index (χ3v) is 4.37. The predicted molar refractivity (Wildman–Crippen MR) is 105 cm³/mol. The van der Waals surface area contributed by atoms with Crippen molar-refractivity contribution in [3.05, 3.63) is 52.5 Å². The first-order chi connectivity index (χ1) is 12.0. The first-order valence-corrected chi connectivity index (χ1v) is 8.98. The van der Waals surface area contributed by atoms with Crippen molar-refractivity contribution in [1.29, 1.82) is 5.26 Å². The molecule has 0 aliphatic rings. The highest BCUT2D eigenvalue weighted by molar-refractivity contribution is 9.10. The summed E-state index contributed by atoms with van der Waals surface area (Å²) >= 11 is 3.49. The maximum absolute atomic E-state index is 12.7. The Kier molecular flexibility index (Phi) is 6.60. The van der Waals surface area contributed by atoms with Crippen molar-refractivity contribution in [2.75, 3.05) is 18.1 Å². The lowest BCUT2D eigenvalue weighted by Gasteiger charge is -2.25. The van der Waals surface area contributed by atoms with Crippen LogP contribution in [0.5, 0.6) is 0 Å². The Morgan fingerprint density at radius 2 is 2.08 bits per heavy atom. The van der Waals surface area contributed by atoms with Gasteiger partial charge in [-0.2, -0.15) is 5.26 Å². The van der Waals surface area contributed by atoms with E-state index in [2.05, 4.69) is 22.5 Å². The minimum absolute atomic E-state index is 0.105. The molecule has 0 aromatic heterocycles. The number of carbonyl (C=O) groups excluding carboxylic acids is 1. The number of nitriles is 1. The smallest absolute Gasteiger partial charge is 0.414 e. The molecule has 0 atom stereocenters. The van der Waals surface area contributed by atoms with Gasteiger partial charge in [0.15, 0.2) is 0 Å². The Morgan fingerprint density at radius 3 is 2.76 bits per heavy atom. The zero-order valence-corrected chi connectivity index (χ0v) is 16.1. The lowest BCUT2D eigenvalue weighted by molar-refractivity contribution is 0.152. The number of amides is 1. The van der Waals surface area contributed by atoms with Gasteiger partial charge in [0.2, 0.25) is 0 Å². The molecule has 25 heavy (non-hydrogen) atoms. The Balaban J connectivity index is 2.52. The molecule has 2 aromatic rings. The van der Waals surface area contributed by atoms with E-state index in [4.69, 9.17) is 10.00 Å². The van der Waals surface area contributed by atoms with Crippen LogP contribution in [0.4, 0.5) is 10.5 Å². The Labute approximate surface area is 156 Å². The zero-order chi connectivity index (χ0) is 18.4. The number of rotatable bonds is 6. The van der Waals surface area contributed by atoms with E-state index < -0.39 is 6.09 Å². The van der Waals surface area contributed by atoms with Gasteiger partial charge in [0.1, 0.15) is 0 Å². The summed E-state index contributed by atoms with van der Waals surface area (Å²) in [4.78, 5) is 14.2. The van der Waals surface area contributed by atoms with E-state index in [0.29, 0.717) is 12.2 Å². The van der Waals surface area contributed by atoms with Crippen LogP contribution >= 0.6 is 15.9 Å². The standard InChI is InChI=1S/C20H21BrN2O2/c1-4-5-10-25-20(24)23(13-14(2)12-22)19-15(3)6-7-16-8-9-17(21)11-18(16)19/h6-9,11H,2,4-5,10,13H2,1,3H3. The summed E-state index contributed by atoms with van der Waals surface area (Å²) in [5.74, 6) is 0. The largest absolute Gasteiger partial charge is 0.449 e. The third kappa shape index (κ3) is 4.61. The van der Waals surface area contributed by atoms with Crippen molar-refractivity contribution in [2.24, 2.45) is 0 Å². The summed E-state index contributed by atoms with van der Waals surface area (Å²) in [5, 5.41) is 11.1. The Bertz CT molecular complexity index is 834. The summed E-state index contributed by atoms with van der Waals surface area (Å²) < 4.78 is 6.32. The van der Waals surface area contributed by atoms with Gasteiger partial charge in [0, 0.05) is 15.4 Å². The number of anilines is 1. The fourth-order valence-electron chi connectivity index (χ4n) is 2.59. The molecule has 130 valence electrons. The fraction of sp³-hybridized carbons (Fsp3) is 0.300. The van der Waals surface area contributed by atoms with Crippen molar-refractivity contribution in [3.8, 4) is 6.07 Å². The van der Waals surface area contributed by atoms with E-state index in [1.807, 2.05) is 50.2 Å². The molecule has 0 radical (unpaired) electrons. The second kappa shape index (κ2) is 8.68. The molecular formula is C20H21BrN2O2. The lowest BCUT2D eigenvalue weighted by atomic mass is 10.0. The molecule has 0 saturated heterocycles. The van der Waals surface area contributed by atoms with Gasteiger partial charge in [-0.3, -0.25) is 4.90 Å². The highest BCUT2D eigenvalue weighted by atomic mass is 79.9. The number of carbonyl (C=O) groups is 1. The van der Waals surface area contributed by atoms with E-state index in [1.54, 1.807) is 0 Å². The highest BCUT2D eigenvalue weighted by Crippen LogP contribution is 2.33. The minimum Gasteiger partial charge on any atom is -0.449 e. The predicted octanol–water partition coefficient (Wildman–Crippen LogP) is 5.73. The van der Waals surface area contributed by atoms with Crippen LogP contribution in [0.15, 0.2) is 47.0 Å². The van der Waals surface area contributed by atoms with E-state index in [1.165, 1.54) is 4.90 Å². The van der Waals surface area contributed by atoms with Gasteiger partial charge < -0.3 is 4.74 Å². The molecule has 0 fully saturated rings. The Hall–Kier alpha value is -2.32. The molecule has 5 heteroatoms. The number of hydrogen-bond acceptors (Lipinski definition) is 3. The number of fused-ring (bicyclic) bond motifs is 1. The van der Waals surface area contributed by atoms with Crippen LogP contribution in [0.25, 0.3) is 10.8 Å². The first kappa shape index (κ1) is 19.0. The molecule has 1 amide bonds. The van der Waals surface area contributed by atoms with E-state index in [9.17, 15) is 4.79 Å².